The quantitative estimate of drug-likeness (QED) is 0.0532. The number of thiocyanates is 1. The van der Waals surface area contributed by atoms with Crippen LogP contribution in [0.1, 0.15) is 0 Å². The minimum atomic E-state index is 0. The third kappa shape index (κ3) is 20.0. The van der Waals surface area contributed by atoms with Gasteiger partial charge < -0.3 is 37.5 Å². The summed E-state index contributed by atoms with van der Waals surface area (Å²) in [7, 11) is 0. The van der Waals surface area contributed by atoms with Gasteiger partial charge in [0.15, 0.2) is 0 Å². The van der Waals surface area contributed by atoms with Crippen LogP contribution in [-0.4, -0.2) is 38.0 Å². The van der Waals surface area contributed by atoms with E-state index in [0.717, 1.165) is 11.4 Å². The minimum Gasteiger partial charge on any atom is -0.753 e. The maximum Gasteiger partial charge on any atom is 2.00 e. The van der Waals surface area contributed by atoms with Crippen molar-refractivity contribution in [3.05, 3.63) is 90.9 Å². The number of ether oxygens (including phenoxy) is 2. The zero-order valence-corrected chi connectivity index (χ0v) is 32.2. The Hall–Kier alpha value is -1.01. The Balaban J connectivity index is -0.000000258. The fourth-order valence-corrected chi connectivity index (χ4v) is 2.29. The first-order valence-corrected chi connectivity index (χ1v) is 10.2. The van der Waals surface area contributed by atoms with Crippen molar-refractivity contribution in [3.63, 3.8) is 0 Å². The van der Waals surface area contributed by atoms with Crippen LogP contribution in [0.4, 0.5) is 0 Å². The van der Waals surface area contributed by atoms with Crippen LogP contribution < -0.4 is 9.47 Å². The predicted molar refractivity (Wildman–Crippen MR) is 135 cm³/mol. The number of nitrogens with zero attached hydrogens (tertiary/aromatic N) is 6. The van der Waals surface area contributed by atoms with E-state index in [-0.39, 0.29) is 118 Å². The molecule has 16 heteroatoms. The molecule has 0 aliphatic heterocycles. The van der Waals surface area contributed by atoms with E-state index in [1.807, 2.05) is 0 Å². The summed E-state index contributed by atoms with van der Waals surface area (Å²) in [5.41, 5.74) is 2.67. The molecule has 195 valence electrons. The largest absolute Gasteiger partial charge is 2.00 e. The minimum absolute atomic E-state index is 0. The van der Waals surface area contributed by atoms with Gasteiger partial charge in [-0.15, -0.1) is 0 Å². The number of pyridine rings is 4. The van der Waals surface area contributed by atoms with Gasteiger partial charge in [0.2, 0.25) is 0 Å². The van der Waals surface area contributed by atoms with Crippen LogP contribution in [0.25, 0.3) is 28.2 Å². The third-order valence-electron chi connectivity index (χ3n) is 3.56. The molecule has 0 aliphatic rings. The fraction of sp³-hybridized carbons (Fsp3) is 0. The molecule has 0 aromatic carbocycles. The smallest absolute Gasteiger partial charge is 0.753 e. The van der Waals surface area contributed by atoms with E-state index in [4.69, 9.17) is 20.1 Å². The van der Waals surface area contributed by atoms with Crippen molar-refractivity contribution < 1.29 is 137 Å². The molecule has 4 heterocycles. The van der Waals surface area contributed by atoms with Crippen molar-refractivity contribution >= 4 is 43.0 Å². The van der Waals surface area contributed by atoms with Gasteiger partial charge in [0.1, 0.15) is 11.5 Å². The first-order valence-electron chi connectivity index (χ1n) is 9.43. The Kier molecular flexibility index (Phi) is 35.5. The van der Waals surface area contributed by atoms with E-state index in [1.165, 1.54) is 23.0 Å². The number of thiocarbonyl (C=S) groups is 1. The molecule has 0 aliphatic carbocycles. The Bertz CT molecular complexity index is 1220. The summed E-state index contributed by atoms with van der Waals surface area (Å²) in [4.78, 5) is 36.9. The SMILES string of the molecule is N#C[S-].O=COc1ccnc(-c2cc(OC=O)ccn2)c1.[N-]=C=S.[Ru+2].[Y].[Y].[Y].[c-]1ccnc(-c2c[c-]ccn2)c1. The summed E-state index contributed by atoms with van der Waals surface area (Å²) in [6, 6.07) is 19.2. The van der Waals surface area contributed by atoms with Gasteiger partial charge >= 0.3 is 19.5 Å². The van der Waals surface area contributed by atoms with Crippen LogP contribution in [0, 0.1) is 22.8 Å². The number of isothiocyanates is 1. The van der Waals surface area contributed by atoms with E-state index in [2.05, 4.69) is 56.9 Å². The molecule has 3 radical (unpaired) electrons. The zero-order valence-electron chi connectivity index (χ0n) is 20.3. The van der Waals surface area contributed by atoms with E-state index < -0.39 is 0 Å². The van der Waals surface area contributed by atoms with Gasteiger partial charge in [0.05, 0.1) is 11.4 Å². The zero-order chi connectivity index (χ0) is 26.4. The van der Waals surface area contributed by atoms with Crippen molar-refractivity contribution in [2.75, 3.05) is 0 Å². The fourth-order valence-electron chi connectivity index (χ4n) is 2.29. The third-order valence-corrected chi connectivity index (χ3v) is 3.56. The number of hydrogen-bond acceptors (Lipinski definition) is 11. The normalized spacial score (nSPS) is 7.58. The van der Waals surface area contributed by atoms with Gasteiger partial charge in [-0.3, -0.25) is 19.6 Å². The number of nitriles is 1. The molecule has 0 unspecified atom stereocenters. The second-order valence-corrected chi connectivity index (χ2v) is 6.01. The molecule has 4 aromatic heterocycles. The van der Waals surface area contributed by atoms with E-state index in [9.17, 15) is 9.59 Å². The molecule has 0 atom stereocenters. The monoisotopic (exact) mass is 883 g/mol. The molecule has 0 amide bonds. The second kappa shape index (κ2) is 30.9. The van der Waals surface area contributed by atoms with Crippen molar-refractivity contribution in [2.45, 2.75) is 0 Å². The summed E-state index contributed by atoms with van der Waals surface area (Å²) in [6.07, 6.45) is 6.38. The molecule has 0 fully saturated rings. The molecular weight excluding hydrogens is 868 g/mol. The molecule has 0 bridgehead atoms. The average molecular weight is 882 g/mol. The first kappa shape index (κ1) is 46.0. The van der Waals surface area contributed by atoms with Gasteiger partial charge in [0, 0.05) is 123 Å². The summed E-state index contributed by atoms with van der Waals surface area (Å²) >= 11 is 7.40. The van der Waals surface area contributed by atoms with Gasteiger partial charge in [-0.2, -0.15) is 41.6 Å². The Labute approximate surface area is 330 Å². The molecule has 4 rings (SSSR count). The van der Waals surface area contributed by atoms with Crippen LogP contribution in [0.3, 0.4) is 0 Å². The summed E-state index contributed by atoms with van der Waals surface area (Å²) in [5, 5.41) is 16.9. The van der Waals surface area contributed by atoms with Crippen molar-refractivity contribution in [1.82, 2.24) is 19.9 Å². The van der Waals surface area contributed by atoms with Gasteiger partial charge in [0.25, 0.3) is 12.9 Å². The predicted octanol–water partition coefficient (Wildman–Crippen LogP) is 3.62. The summed E-state index contributed by atoms with van der Waals surface area (Å²) in [6.45, 7) is 0.664. The first-order chi connectivity index (χ1) is 17.6. The molecule has 0 spiro atoms. The van der Waals surface area contributed by atoms with Crippen LogP contribution in [0.5, 0.6) is 11.5 Å². The molecule has 0 N–H and O–H groups in total. The molecule has 0 saturated heterocycles. The second-order valence-electron chi connectivity index (χ2n) is 5.65. The number of carbonyl (C=O) groups is 2. The van der Waals surface area contributed by atoms with Gasteiger partial charge in [-0.05, 0) is 12.1 Å². The van der Waals surface area contributed by atoms with Crippen molar-refractivity contribution in [1.29, 1.82) is 5.26 Å². The van der Waals surface area contributed by atoms with Crippen LogP contribution >= 0.6 is 12.2 Å². The van der Waals surface area contributed by atoms with E-state index in [0.29, 0.717) is 35.8 Å². The number of aromatic nitrogens is 4. The molecule has 40 heavy (non-hydrogen) atoms. The van der Waals surface area contributed by atoms with Gasteiger partial charge in [-0.1, -0.05) is 41.4 Å². The molecule has 10 nitrogen and oxygen atoms in total. The molecule has 0 saturated carbocycles. The topological polar surface area (TPSA) is 150 Å². The van der Waals surface area contributed by atoms with Gasteiger partial charge in [-0.25, -0.2) is 5.26 Å². The maximum absolute atomic E-state index is 10.2. The Morgan fingerprint density at radius 3 is 1.40 bits per heavy atom. The molecule has 4 aromatic rings. The molecular formula is C24H14N6O4RuS2Y3-2. The van der Waals surface area contributed by atoms with Crippen LogP contribution in [0.2, 0.25) is 0 Å². The van der Waals surface area contributed by atoms with E-state index >= 15 is 0 Å². The Morgan fingerprint density at radius 2 is 1.12 bits per heavy atom. The summed E-state index contributed by atoms with van der Waals surface area (Å²) < 4.78 is 9.42. The number of hydrogen-bond donors (Lipinski definition) is 0. The Morgan fingerprint density at radius 1 is 0.800 bits per heavy atom. The van der Waals surface area contributed by atoms with Crippen LogP contribution in [-0.2, 0) is 140 Å². The summed E-state index contributed by atoms with van der Waals surface area (Å²) in [5.74, 6) is 0.719. The van der Waals surface area contributed by atoms with Crippen molar-refractivity contribution in [2.24, 2.45) is 0 Å². The number of carbonyl (C=O) groups excluding carboxylic acids is 2. The van der Waals surface area contributed by atoms with Crippen LogP contribution in [0.15, 0.2) is 73.3 Å². The number of rotatable bonds is 6. The maximum atomic E-state index is 10.2. The standard InChI is InChI=1S/C12H8N2O4.C10H6N2.CHNS.CNS.Ru.3Y/c15-7-17-9-1-3-13-11(5-9)12-6-10(18-8-16)2-4-14-12;1-3-7-11-9(5-1)10-6-2-4-8-12-10;2*2-1-3;;;;/h1-8H;3-8H;3H;;;;;/q;-2;;-1;+2;;;/p-1. The average Bonchev–Trinajstić information content (AvgIpc) is 2.92. The van der Waals surface area contributed by atoms with Crippen molar-refractivity contribution in [3.8, 4) is 39.7 Å². The van der Waals surface area contributed by atoms with E-state index in [1.54, 1.807) is 60.9 Å².